The van der Waals surface area contributed by atoms with Crippen molar-refractivity contribution in [3.8, 4) is 0 Å². The number of halogens is 1. The number of rotatable bonds is 10. The van der Waals surface area contributed by atoms with Gasteiger partial charge < -0.3 is 10.2 Å². The Morgan fingerprint density at radius 2 is 1.56 bits per heavy atom. The first-order valence-electron chi connectivity index (χ1n) is 12.1. The zero-order valence-corrected chi connectivity index (χ0v) is 23.0. The van der Waals surface area contributed by atoms with E-state index < -0.39 is 11.6 Å². The fraction of sp³-hybridized carbons (Fsp3) is 0.333. The van der Waals surface area contributed by atoms with Gasteiger partial charge in [0.1, 0.15) is 6.04 Å². The largest absolute Gasteiger partial charge is 0.350 e. The standard InChI is InChI=1S/C30H35ClN2O2S/c1-22-10-8-9-13-25(22)19-33(28(34)21-36-20-24-14-16-26(31)17-15-24)27(29(35)32-30(2,3)4)18-23-11-6-5-7-12-23/h5-17,27H,18-21H2,1-4H3,(H,32,35)/t27-/m0/s1. The SMILES string of the molecule is Cc1ccccc1CN(C(=O)CSCc1ccc(Cl)cc1)[C@@H](Cc1ccccc1)C(=O)NC(C)(C)C. The first-order valence-corrected chi connectivity index (χ1v) is 13.7. The second-order valence-corrected chi connectivity index (χ2v) is 11.4. The predicted octanol–water partition coefficient (Wildman–Crippen LogP) is 6.44. The maximum atomic E-state index is 13.7. The van der Waals surface area contributed by atoms with Crippen LogP contribution >= 0.6 is 23.4 Å². The average molecular weight is 523 g/mol. The van der Waals surface area contributed by atoms with Crippen LogP contribution in [0.4, 0.5) is 0 Å². The number of benzene rings is 3. The van der Waals surface area contributed by atoms with Crippen molar-refractivity contribution in [3.05, 3.63) is 106 Å². The van der Waals surface area contributed by atoms with Crippen LogP contribution in [0.15, 0.2) is 78.9 Å². The van der Waals surface area contributed by atoms with Gasteiger partial charge in [0.05, 0.1) is 5.75 Å². The summed E-state index contributed by atoms with van der Waals surface area (Å²) in [6.07, 6.45) is 0.447. The number of hydrogen-bond acceptors (Lipinski definition) is 3. The lowest BCUT2D eigenvalue weighted by molar-refractivity contribution is -0.140. The van der Waals surface area contributed by atoms with Crippen molar-refractivity contribution >= 4 is 35.2 Å². The second kappa shape index (κ2) is 13.0. The molecule has 3 rings (SSSR count). The van der Waals surface area contributed by atoms with Crippen LogP contribution in [0.1, 0.15) is 43.0 Å². The van der Waals surface area contributed by atoms with E-state index in [1.807, 2.05) is 107 Å². The molecule has 0 unspecified atom stereocenters. The molecule has 1 N–H and O–H groups in total. The van der Waals surface area contributed by atoms with Gasteiger partial charge >= 0.3 is 0 Å². The molecule has 4 nitrogen and oxygen atoms in total. The molecule has 3 aromatic rings. The normalized spacial score (nSPS) is 12.1. The molecule has 0 aromatic heterocycles. The molecule has 3 aromatic carbocycles. The molecule has 0 heterocycles. The Bertz CT molecular complexity index is 1140. The lowest BCUT2D eigenvalue weighted by Gasteiger charge is -2.34. The van der Waals surface area contributed by atoms with Gasteiger partial charge in [0.25, 0.3) is 0 Å². The number of nitrogens with zero attached hydrogens (tertiary/aromatic N) is 1. The highest BCUT2D eigenvalue weighted by Crippen LogP contribution is 2.21. The molecule has 36 heavy (non-hydrogen) atoms. The third-order valence-electron chi connectivity index (χ3n) is 5.78. The highest BCUT2D eigenvalue weighted by atomic mass is 35.5. The number of amides is 2. The van der Waals surface area contributed by atoms with Crippen molar-refractivity contribution in [2.75, 3.05) is 5.75 Å². The lowest BCUT2D eigenvalue weighted by atomic mass is 10.00. The van der Waals surface area contributed by atoms with Crippen molar-refractivity contribution in [1.29, 1.82) is 0 Å². The summed E-state index contributed by atoms with van der Waals surface area (Å²) in [7, 11) is 0. The van der Waals surface area contributed by atoms with Crippen molar-refractivity contribution in [2.45, 2.75) is 58.0 Å². The zero-order chi connectivity index (χ0) is 26.1. The number of hydrogen-bond donors (Lipinski definition) is 1. The third kappa shape index (κ3) is 8.72. The molecule has 0 aliphatic rings. The molecular weight excluding hydrogens is 488 g/mol. The molecule has 0 bridgehead atoms. The van der Waals surface area contributed by atoms with Crippen molar-refractivity contribution < 1.29 is 9.59 Å². The molecule has 0 fully saturated rings. The highest BCUT2D eigenvalue weighted by Gasteiger charge is 2.32. The van der Waals surface area contributed by atoms with E-state index in [1.54, 1.807) is 16.7 Å². The highest BCUT2D eigenvalue weighted by molar-refractivity contribution is 7.99. The minimum absolute atomic E-state index is 0.0535. The van der Waals surface area contributed by atoms with Crippen molar-refractivity contribution in [1.82, 2.24) is 10.2 Å². The smallest absolute Gasteiger partial charge is 0.243 e. The minimum Gasteiger partial charge on any atom is -0.350 e. The van der Waals surface area contributed by atoms with Crippen molar-refractivity contribution in [2.24, 2.45) is 0 Å². The van der Waals surface area contributed by atoms with Gasteiger partial charge in [-0.15, -0.1) is 11.8 Å². The van der Waals surface area contributed by atoms with Crippen LogP contribution in [0, 0.1) is 6.92 Å². The topological polar surface area (TPSA) is 49.4 Å². The molecule has 0 saturated carbocycles. The molecule has 0 radical (unpaired) electrons. The monoisotopic (exact) mass is 522 g/mol. The van der Waals surface area contributed by atoms with E-state index in [1.165, 1.54) is 0 Å². The van der Waals surface area contributed by atoms with Gasteiger partial charge in [0.15, 0.2) is 0 Å². The molecule has 0 spiro atoms. The maximum Gasteiger partial charge on any atom is 0.243 e. The Hall–Kier alpha value is -2.76. The summed E-state index contributed by atoms with van der Waals surface area (Å²) in [5, 5.41) is 3.80. The summed E-state index contributed by atoms with van der Waals surface area (Å²) in [5.41, 5.74) is 3.85. The number of aryl methyl sites for hydroxylation is 1. The first kappa shape index (κ1) is 27.8. The predicted molar refractivity (Wildman–Crippen MR) is 151 cm³/mol. The van der Waals surface area contributed by atoms with Gasteiger partial charge in [-0.1, -0.05) is 78.3 Å². The molecule has 1 atom stereocenters. The fourth-order valence-corrected chi connectivity index (χ4v) is 4.89. The maximum absolute atomic E-state index is 13.7. The quantitative estimate of drug-likeness (QED) is 0.333. The van der Waals surface area contributed by atoms with E-state index in [2.05, 4.69) is 5.32 Å². The lowest BCUT2D eigenvalue weighted by Crippen LogP contribution is -2.54. The van der Waals surface area contributed by atoms with Gasteiger partial charge in [-0.2, -0.15) is 0 Å². The fourth-order valence-electron chi connectivity index (χ4n) is 3.90. The van der Waals surface area contributed by atoms with E-state index in [0.29, 0.717) is 23.7 Å². The van der Waals surface area contributed by atoms with E-state index >= 15 is 0 Å². The first-order chi connectivity index (χ1) is 17.1. The van der Waals surface area contributed by atoms with Gasteiger partial charge in [0.2, 0.25) is 11.8 Å². The Morgan fingerprint density at radius 3 is 2.19 bits per heavy atom. The van der Waals surface area contributed by atoms with Crippen LogP contribution in [0.25, 0.3) is 0 Å². The molecule has 0 aliphatic heterocycles. The van der Waals surface area contributed by atoms with E-state index in [-0.39, 0.29) is 17.6 Å². The summed E-state index contributed by atoms with van der Waals surface area (Å²) in [6, 6.07) is 24.9. The van der Waals surface area contributed by atoms with Gasteiger partial charge in [0, 0.05) is 29.3 Å². The Balaban J connectivity index is 1.87. The van der Waals surface area contributed by atoms with Crippen LogP contribution in [0.3, 0.4) is 0 Å². The van der Waals surface area contributed by atoms with Gasteiger partial charge in [-0.25, -0.2) is 0 Å². The molecule has 2 amide bonds. The minimum atomic E-state index is -0.630. The van der Waals surface area contributed by atoms with Crippen LogP contribution in [0.2, 0.25) is 5.02 Å². The van der Waals surface area contributed by atoms with Gasteiger partial charge in [-0.05, 0) is 62.1 Å². The molecule has 190 valence electrons. The van der Waals surface area contributed by atoms with E-state index in [4.69, 9.17) is 11.6 Å². The number of carbonyl (C=O) groups excluding carboxylic acids is 2. The Morgan fingerprint density at radius 1 is 0.917 bits per heavy atom. The van der Waals surface area contributed by atoms with Crippen LogP contribution in [-0.4, -0.2) is 34.0 Å². The Kier molecular flexibility index (Phi) is 10.0. The number of carbonyl (C=O) groups is 2. The van der Waals surface area contributed by atoms with Crippen LogP contribution in [0.5, 0.6) is 0 Å². The summed E-state index contributed by atoms with van der Waals surface area (Å²) in [5.74, 6) is 0.777. The average Bonchev–Trinajstić information content (AvgIpc) is 2.83. The van der Waals surface area contributed by atoms with Crippen LogP contribution < -0.4 is 5.32 Å². The molecule has 0 aliphatic carbocycles. The van der Waals surface area contributed by atoms with Crippen LogP contribution in [-0.2, 0) is 28.3 Å². The summed E-state index contributed by atoms with van der Waals surface area (Å²) in [6.45, 7) is 8.29. The third-order valence-corrected chi connectivity index (χ3v) is 7.02. The van der Waals surface area contributed by atoms with E-state index in [0.717, 1.165) is 22.3 Å². The molecule has 6 heteroatoms. The molecular formula is C30H35ClN2O2S. The molecule has 0 saturated heterocycles. The van der Waals surface area contributed by atoms with Gasteiger partial charge in [-0.3, -0.25) is 9.59 Å². The number of nitrogens with one attached hydrogen (secondary N) is 1. The van der Waals surface area contributed by atoms with Crippen molar-refractivity contribution in [3.63, 3.8) is 0 Å². The summed E-state index contributed by atoms with van der Waals surface area (Å²) in [4.78, 5) is 29.1. The van der Waals surface area contributed by atoms with E-state index in [9.17, 15) is 9.59 Å². The second-order valence-electron chi connectivity index (χ2n) is 10.0. The zero-order valence-electron chi connectivity index (χ0n) is 21.5. The number of thioether (sulfide) groups is 1. The summed E-state index contributed by atoms with van der Waals surface area (Å²) < 4.78 is 0. The Labute approximate surface area is 224 Å². The summed E-state index contributed by atoms with van der Waals surface area (Å²) >= 11 is 7.54.